The molecule has 0 radical (unpaired) electrons. The van der Waals surface area contributed by atoms with Crippen LogP contribution in [0.5, 0.6) is 0 Å². The first-order valence-electron chi connectivity index (χ1n) is 9.25. The topological polar surface area (TPSA) is 101 Å². The first-order chi connectivity index (χ1) is 14.2. The van der Waals surface area contributed by atoms with Gasteiger partial charge in [-0.05, 0) is 11.1 Å². The Hall–Kier alpha value is -3.07. The van der Waals surface area contributed by atoms with Crippen molar-refractivity contribution in [3.05, 3.63) is 83.9 Å². The summed E-state index contributed by atoms with van der Waals surface area (Å²) in [5.41, 5.74) is 7.43. The molecule has 2 aromatic carbocycles. The van der Waals surface area contributed by atoms with E-state index < -0.39 is 5.91 Å². The zero-order valence-corrected chi connectivity index (χ0v) is 16.0. The second kappa shape index (κ2) is 11.1. The van der Waals surface area contributed by atoms with Gasteiger partial charge in [0.05, 0.1) is 26.4 Å². The molecule has 152 valence electrons. The fourth-order valence-corrected chi connectivity index (χ4v) is 2.63. The Balaban J connectivity index is 1.52. The Morgan fingerprint density at radius 2 is 1.48 bits per heavy atom. The van der Waals surface area contributed by atoms with E-state index in [0.29, 0.717) is 26.4 Å². The predicted octanol–water partition coefficient (Wildman–Crippen LogP) is 2.15. The molecule has 8 heteroatoms. The lowest BCUT2D eigenvalue weighted by atomic mass is 10.2. The molecule has 3 aromatic rings. The molecular formula is C21H24N4O4. The van der Waals surface area contributed by atoms with Crippen molar-refractivity contribution < 1.29 is 19.0 Å². The number of ether oxygens (including phenoxy) is 3. The highest BCUT2D eigenvalue weighted by molar-refractivity contribution is 5.88. The second-order valence-corrected chi connectivity index (χ2v) is 6.37. The molecule has 0 aliphatic rings. The average molecular weight is 396 g/mol. The summed E-state index contributed by atoms with van der Waals surface area (Å²) in [6.07, 6.45) is 0.906. The summed E-state index contributed by atoms with van der Waals surface area (Å²) in [5.74, 6) is -0.623. The van der Waals surface area contributed by atoms with Crippen molar-refractivity contribution in [2.45, 2.75) is 26.0 Å². The van der Waals surface area contributed by atoms with E-state index >= 15 is 0 Å². The lowest BCUT2D eigenvalue weighted by Crippen LogP contribution is -2.28. The number of carbonyl (C=O) groups is 1. The normalized spacial score (nSPS) is 11.1. The van der Waals surface area contributed by atoms with Crippen molar-refractivity contribution in [2.75, 3.05) is 13.2 Å². The maximum Gasteiger partial charge on any atom is 0.286 e. The van der Waals surface area contributed by atoms with Crippen LogP contribution in [0.15, 0.2) is 67.0 Å². The van der Waals surface area contributed by atoms with Crippen molar-refractivity contribution in [1.82, 2.24) is 14.8 Å². The Labute approximate surface area is 169 Å². The zero-order chi connectivity index (χ0) is 20.3. The molecule has 0 saturated heterocycles. The molecule has 2 N–H and O–H groups in total. The molecule has 0 aliphatic carbocycles. The van der Waals surface area contributed by atoms with E-state index in [1.165, 1.54) is 11.0 Å². The van der Waals surface area contributed by atoms with Crippen LogP contribution in [0, 0.1) is 0 Å². The van der Waals surface area contributed by atoms with Crippen molar-refractivity contribution in [3.63, 3.8) is 0 Å². The fraction of sp³-hybridized carbons (Fsp3) is 0.286. The van der Waals surface area contributed by atoms with Gasteiger partial charge in [-0.1, -0.05) is 60.7 Å². The van der Waals surface area contributed by atoms with E-state index in [4.69, 9.17) is 19.9 Å². The zero-order valence-electron chi connectivity index (χ0n) is 16.0. The summed E-state index contributed by atoms with van der Waals surface area (Å²) in [5, 5.41) is 3.96. The number of carbonyl (C=O) groups excluding carboxylic acids is 1. The summed E-state index contributed by atoms with van der Waals surface area (Å²) < 4.78 is 18.7. The number of hydrogen-bond acceptors (Lipinski definition) is 6. The molecule has 1 heterocycles. The van der Waals surface area contributed by atoms with Crippen LogP contribution in [0.3, 0.4) is 0 Å². The summed E-state index contributed by atoms with van der Waals surface area (Å²) in [7, 11) is 0. The van der Waals surface area contributed by atoms with Crippen LogP contribution in [0.2, 0.25) is 0 Å². The molecule has 1 aromatic heterocycles. The number of benzene rings is 2. The largest absolute Gasteiger partial charge is 0.374 e. The maximum atomic E-state index is 11.4. The number of hydrogen-bond donors (Lipinski definition) is 1. The quantitative estimate of drug-likeness (QED) is 0.503. The van der Waals surface area contributed by atoms with Gasteiger partial charge >= 0.3 is 0 Å². The maximum absolute atomic E-state index is 11.4. The molecule has 0 spiro atoms. The summed E-state index contributed by atoms with van der Waals surface area (Å²) in [4.78, 5) is 15.2. The van der Waals surface area contributed by atoms with Crippen LogP contribution < -0.4 is 5.73 Å². The summed E-state index contributed by atoms with van der Waals surface area (Å²) in [6.45, 7) is 1.60. The molecule has 3 rings (SSSR count). The van der Waals surface area contributed by atoms with E-state index in [0.717, 1.165) is 11.1 Å². The van der Waals surface area contributed by atoms with E-state index in [-0.39, 0.29) is 18.7 Å². The van der Waals surface area contributed by atoms with Crippen LogP contribution in [-0.2, 0) is 34.2 Å². The van der Waals surface area contributed by atoms with Gasteiger partial charge in [-0.3, -0.25) is 4.79 Å². The number of rotatable bonds is 12. The van der Waals surface area contributed by atoms with E-state index in [1.807, 2.05) is 60.7 Å². The highest BCUT2D eigenvalue weighted by Gasteiger charge is 2.15. The second-order valence-electron chi connectivity index (χ2n) is 6.37. The van der Waals surface area contributed by atoms with Crippen molar-refractivity contribution in [2.24, 2.45) is 5.73 Å². The van der Waals surface area contributed by atoms with Crippen molar-refractivity contribution >= 4 is 5.91 Å². The van der Waals surface area contributed by atoms with E-state index in [9.17, 15) is 4.79 Å². The lowest BCUT2D eigenvalue weighted by molar-refractivity contribution is -0.0901. The molecule has 0 saturated carbocycles. The molecule has 29 heavy (non-hydrogen) atoms. The first-order valence-corrected chi connectivity index (χ1v) is 9.25. The van der Waals surface area contributed by atoms with E-state index in [2.05, 4.69) is 10.1 Å². The molecule has 0 unspecified atom stereocenters. The van der Waals surface area contributed by atoms with Gasteiger partial charge in [0.15, 0.2) is 0 Å². The minimum absolute atomic E-state index is 0.0202. The fourth-order valence-electron chi connectivity index (χ4n) is 2.63. The van der Waals surface area contributed by atoms with Crippen LogP contribution in [0.4, 0.5) is 0 Å². The number of nitrogens with zero attached hydrogens (tertiary/aromatic N) is 3. The van der Waals surface area contributed by atoms with Crippen LogP contribution >= 0.6 is 0 Å². The Morgan fingerprint density at radius 3 is 2.00 bits per heavy atom. The monoisotopic (exact) mass is 396 g/mol. The average Bonchev–Trinajstić information content (AvgIpc) is 3.22. The Bertz CT molecular complexity index is 825. The molecule has 0 atom stereocenters. The lowest BCUT2D eigenvalue weighted by Gasteiger charge is -2.19. The summed E-state index contributed by atoms with van der Waals surface area (Å²) >= 11 is 0. The third kappa shape index (κ3) is 6.79. The van der Waals surface area contributed by atoms with Crippen molar-refractivity contribution in [1.29, 1.82) is 0 Å². The molecule has 0 fully saturated rings. The minimum Gasteiger partial charge on any atom is -0.374 e. The van der Waals surface area contributed by atoms with Gasteiger partial charge in [0.2, 0.25) is 5.82 Å². The highest BCUT2D eigenvalue weighted by Crippen LogP contribution is 2.06. The molecular weight excluding hydrogens is 372 g/mol. The number of nitrogens with two attached hydrogens (primary N) is 1. The number of amides is 1. The number of primary amides is 1. The molecule has 0 bridgehead atoms. The van der Waals surface area contributed by atoms with Gasteiger partial charge in [-0.15, -0.1) is 0 Å². The van der Waals surface area contributed by atoms with Gasteiger partial charge in [0.25, 0.3) is 5.91 Å². The van der Waals surface area contributed by atoms with Crippen LogP contribution in [0.25, 0.3) is 0 Å². The van der Waals surface area contributed by atoms with Gasteiger partial charge in [-0.25, -0.2) is 9.67 Å². The highest BCUT2D eigenvalue weighted by atomic mass is 16.6. The number of aromatic nitrogens is 3. The smallest absolute Gasteiger partial charge is 0.286 e. The third-order valence-corrected chi connectivity index (χ3v) is 4.10. The standard InChI is InChI=1S/C21H24N4O4/c22-20(26)21-23-15-24-25(21)16-29-19(13-27-11-17-7-3-1-4-8-17)14-28-12-18-9-5-2-6-10-18/h1-10,15,19H,11-14,16H2,(H2,22,26). The van der Waals surface area contributed by atoms with Crippen LogP contribution in [0.1, 0.15) is 21.7 Å². The Morgan fingerprint density at radius 1 is 0.931 bits per heavy atom. The first kappa shape index (κ1) is 20.7. The third-order valence-electron chi connectivity index (χ3n) is 4.10. The van der Waals surface area contributed by atoms with Gasteiger partial charge in [0.1, 0.15) is 19.2 Å². The Kier molecular flexibility index (Phi) is 7.88. The van der Waals surface area contributed by atoms with E-state index in [1.54, 1.807) is 0 Å². The van der Waals surface area contributed by atoms with Gasteiger partial charge < -0.3 is 19.9 Å². The van der Waals surface area contributed by atoms with Crippen molar-refractivity contribution in [3.8, 4) is 0 Å². The SMILES string of the molecule is NC(=O)c1ncnn1COC(COCc1ccccc1)COCc1ccccc1. The minimum atomic E-state index is -0.664. The van der Waals surface area contributed by atoms with Crippen LogP contribution in [-0.4, -0.2) is 40.0 Å². The van der Waals surface area contributed by atoms with Gasteiger partial charge in [-0.2, -0.15) is 5.10 Å². The molecule has 0 aliphatic heterocycles. The predicted molar refractivity (Wildman–Crippen MR) is 106 cm³/mol. The molecule has 8 nitrogen and oxygen atoms in total. The summed E-state index contributed by atoms with van der Waals surface area (Å²) in [6, 6.07) is 19.8. The molecule has 1 amide bonds. The van der Waals surface area contributed by atoms with Gasteiger partial charge in [0, 0.05) is 0 Å².